The Morgan fingerprint density at radius 3 is 2.62 bits per heavy atom. The van der Waals surface area contributed by atoms with Crippen molar-refractivity contribution in [2.45, 2.75) is 19.9 Å². The van der Waals surface area contributed by atoms with Crippen molar-refractivity contribution in [3.05, 3.63) is 17.0 Å². The number of carbonyl (C=O) groups is 1. The van der Waals surface area contributed by atoms with Crippen LogP contribution in [0.3, 0.4) is 0 Å². The monoisotopic (exact) mass is 187 g/mol. The fourth-order valence-corrected chi connectivity index (χ4v) is 0.763. The number of Topliss-reactive ketones (excluding diaryl/α,β-unsaturated/α-hetero) is 1. The predicted molar refractivity (Wildman–Crippen MR) is 45.1 cm³/mol. The minimum absolute atomic E-state index is 0.0975. The standard InChI is InChI=1S/C7H13N3O3/c1-5(10(13)9-12)4-7(8-3)6(2)11/h4-5,8,12H,1-3H3/b7-4+,10-9?. The first-order valence-corrected chi connectivity index (χ1v) is 3.74. The van der Waals surface area contributed by atoms with Crippen LogP contribution in [-0.2, 0) is 4.79 Å². The first-order chi connectivity index (χ1) is 6.02. The van der Waals surface area contributed by atoms with E-state index in [1.165, 1.54) is 19.9 Å². The Labute approximate surface area is 76.1 Å². The summed E-state index contributed by atoms with van der Waals surface area (Å²) in [4.78, 5) is 11.0. The van der Waals surface area contributed by atoms with Crippen LogP contribution in [0.25, 0.3) is 0 Å². The maximum Gasteiger partial charge on any atom is 0.211 e. The van der Waals surface area contributed by atoms with Crippen LogP contribution in [0.1, 0.15) is 13.8 Å². The molecular formula is C7H13N3O3. The lowest BCUT2D eigenvalue weighted by molar-refractivity contribution is -0.577. The summed E-state index contributed by atoms with van der Waals surface area (Å²) in [5.41, 5.74) is 0.317. The fraction of sp³-hybridized carbons (Fsp3) is 0.571. The second kappa shape index (κ2) is 5.13. The third kappa shape index (κ3) is 3.55. The predicted octanol–water partition coefficient (Wildman–Crippen LogP) is 0.419. The molecule has 0 amide bonds. The van der Waals surface area contributed by atoms with Crippen molar-refractivity contribution in [1.82, 2.24) is 5.32 Å². The molecule has 1 unspecified atom stereocenters. The molecule has 6 nitrogen and oxygen atoms in total. The molecule has 2 N–H and O–H groups in total. The normalized spacial score (nSPS) is 15.3. The van der Waals surface area contributed by atoms with Gasteiger partial charge in [0.2, 0.25) is 6.04 Å². The molecule has 13 heavy (non-hydrogen) atoms. The summed E-state index contributed by atoms with van der Waals surface area (Å²) in [6.45, 7) is 2.88. The lowest BCUT2D eigenvalue weighted by Crippen LogP contribution is -2.20. The molecule has 0 aromatic carbocycles. The lowest BCUT2D eigenvalue weighted by atomic mass is 10.2. The molecule has 0 spiro atoms. The molecule has 1 atom stereocenters. The summed E-state index contributed by atoms with van der Waals surface area (Å²) < 4.78 is 0. The molecule has 0 fully saturated rings. The third-order valence-corrected chi connectivity index (χ3v) is 1.49. The van der Waals surface area contributed by atoms with Crippen molar-refractivity contribution in [1.29, 1.82) is 0 Å². The van der Waals surface area contributed by atoms with Gasteiger partial charge in [0.05, 0.1) is 5.70 Å². The molecular weight excluding hydrogens is 174 g/mol. The van der Waals surface area contributed by atoms with E-state index in [0.29, 0.717) is 5.70 Å². The molecule has 0 saturated heterocycles. The van der Waals surface area contributed by atoms with Crippen LogP contribution in [0, 0.1) is 5.21 Å². The number of hydrogen-bond donors (Lipinski definition) is 2. The molecule has 0 radical (unpaired) electrons. The van der Waals surface area contributed by atoms with Gasteiger partial charge in [0.25, 0.3) is 0 Å². The van der Waals surface area contributed by atoms with Crippen molar-refractivity contribution >= 4 is 5.78 Å². The Kier molecular flexibility index (Phi) is 4.50. The first kappa shape index (κ1) is 11.4. The van der Waals surface area contributed by atoms with E-state index in [9.17, 15) is 10.0 Å². The summed E-state index contributed by atoms with van der Waals surface area (Å²) in [5, 5.41) is 23.9. The maximum atomic E-state index is 10.9. The molecule has 74 valence electrons. The Morgan fingerprint density at radius 2 is 2.31 bits per heavy atom. The van der Waals surface area contributed by atoms with Crippen molar-refractivity contribution in [3.63, 3.8) is 0 Å². The summed E-state index contributed by atoms with van der Waals surface area (Å²) in [6, 6.07) is -0.684. The van der Waals surface area contributed by atoms with Crippen LogP contribution in [0.5, 0.6) is 0 Å². The van der Waals surface area contributed by atoms with Crippen LogP contribution in [0.15, 0.2) is 17.1 Å². The van der Waals surface area contributed by atoms with Crippen molar-refractivity contribution in [2.75, 3.05) is 7.05 Å². The number of ketones is 1. The van der Waals surface area contributed by atoms with E-state index in [-0.39, 0.29) is 10.6 Å². The van der Waals surface area contributed by atoms with Crippen LogP contribution >= 0.6 is 0 Å². The first-order valence-electron chi connectivity index (χ1n) is 3.74. The summed E-state index contributed by atoms with van der Waals surface area (Å²) >= 11 is 0. The van der Waals surface area contributed by atoms with Gasteiger partial charge in [-0.1, -0.05) is 0 Å². The highest BCUT2D eigenvalue weighted by atomic mass is 16.6. The highest BCUT2D eigenvalue weighted by molar-refractivity contribution is 5.92. The smallest absolute Gasteiger partial charge is 0.211 e. The zero-order valence-corrected chi connectivity index (χ0v) is 7.81. The van der Waals surface area contributed by atoms with Crippen LogP contribution < -0.4 is 5.32 Å². The van der Waals surface area contributed by atoms with Gasteiger partial charge in [-0.15, -0.1) is 0 Å². The average Bonchev–Trinajstić information content (AvgIpc) is 2.11. The summed E-state index contributed by atoms with van der Waals surface area (Å²) in [5.74, 6) is -0.180. The zero-order chi connectivity index (χ0) is 10.4. The van der Waals surface area contributed by atoms with Crippen molar-refractivity contribution in [3.8, 4) is 0 Å². The third-order valence-electron chi connectivity index (χ3n) is 1.49. The molecule has 6 heteroatoms. The van der Waals surface area contributed by atoms with Crippen LogP contribution in [0.4, 0.5) is 0 Å². The van der Waals surface area contributed by atoms with Crippen LogP contribution in [0.2, 0.25) is 0 Å². The molecule has 0 aliphatic carbocycles. The number of carbonyl (C=O) groups excluding carboxylic acids is 1. The average molecular weight is 187 g/mol. The molecule has 0 heterocycles. The SMILES string of the molecule is CN/C(=C/C(C)[N+]([O-])=NO)C(C)=O. The van der Waals surface area contributed by atoms with Gasteiger partial charge in [0, 0.05) is 27.0 Å². The van der Waals surface area contributed by atoms with Gasteiger partial charge in [0.1, 0.15) is 0 Å². The van der Waals surface area contributed by atoms with E-state index in [1.807, 2.05) is 0 Å². The number of hydroxylamine groups is 1. The highest BCUT2D eigenvalue weighted by Crippen LogP contribution is 1.98. The Hall–Kier alpha value is -1.59. The van der Waals surface area contributed by atoms with Crippen molar-refractivity contribution in [2.24, 2.45) is 5.28 Å². The molecule has 0 saturated carbocycles. The van der Waals surface area contributed by atoms with E-state index in [1.54, 1.807) is 7.05 Å². The number of nitrogens with zero attached hydrogens (tertiary/aromatic N) is 2. The van der Waals surface area contributed by atoms with E-state index >= 15 is 0 Å². The fourth-order valence-electron chi connectivity index (χ4n) is 0.763. The summed E-state index contributed by atoms with van der Waals surface area (Å²) in [6.07, 6.45) is 1.38. The molecule has 0 bridgehead atoms. The molecule has 0 aliphatic heterocycles. The van der Waals surface area contributed by atoms with E-state index < -0.39 is 6.04 Å². The molecule has 0 aliphatic rings. The molecule has 0 aromatic heterocycles. The Morgan fingerprint density at radius 1 is 1.77 bits per heavy atom. The second-order valence-corrected chi connectivity index (χ2v) is 2.52. The van der Waals surface area contributed by atoms with E-state index in [0.717, 1.165) is 0 Å². The number of rotatable bonds is 4. The summed E-state index contributed by atoms with van der Waals surface area (Å²) in [7, 11) is 1.57. The van der Waals surface area contributed by atoms with Gasteiger partial charge >= 0.3 is 0 Å². The van der Waals surface area contributed by atoms with Gasteiger partial charge < -0.3 is 15.7 Å². The Bertz CT molecular complexity index is 247. The minimum Gasteiger partial charge on any atom is -0.597 e. The largest absolute Gasteiger partial charge is 0.597 e. The molecule has 0 rings (SSSR count). The van der Waals surface area contributed by atoms with Gasteiger partial charge in [-0.3, -0.25) is 4.79 Å². The van der Waals surface area contributed by atoms with Gasteiger partial charge in [-0.2, -0.15) is 0 Å². The van der Waals surface area contributed by atoms with Gasteiger partial charge in [-0.05, 0) is 4.86 Å². The van der Waals surface area contributed by atoms with Gasteiger partial charge in [-0.25, -0.2) is 0 Å². The number of likely N-dealkylation sites (N-methyl/N-ethyl adjacent to an activating group) is 1. The quantitative estimate of drug-likeness (QED) is 0.289. The number of allylic oxidation sites excluding steroid dienone is 1. The van der Waals surface area contributed by atoms with Crippen LogP contribution in [-0.4, -0.2) is 28.9 Å². The second-order valence-electron chi connectivity index (χ2n) is 2.52. The lowest BCUT2D eigenvalue weighted by Gasteiger charge is -2.05. The van der Waals surface area contributed by atoms with Gasteiger partial charge in [0.15, 0.2) is 11.1 Å². The van der Waals surface area contributed by atoms with Crippen molar-refractivity contribution < 1.29 is 14.9 Å². The zero-order valence-electron chi connectivity index (χ0n) is 7.81. The Balaban J connectivity index is 4.60. The highest BCUT2D eigenvalue weighted by Gasteiger charge is 2.11. The maximum absolute atomic E-state index is 10.9. The minimum atomic E-state index is -0.684. The van der Waals surface area contributed by atoms with E-state index in [4.69, 9.17) is 5.21 Å². The molecule has 0 aromatic rings. The number of nitrogens with one attached hydrogen (secondary N) is 1. The number of hydrogen-bond acceptors (Lipinski definition) is 4. The topological polar surface area (TPSA) is 87.8 Å². The van der Waals surface area contributed by atoms with E-state index in [2.05, 4.69) is 10.6 Å².